The molecular weight excluding hydrogens is 378 g/mol. The van der Waals surface area contributed by atoms with Gasteiger partial charge in [0.15, 0.2) is 10.9 Å². The maximum Gasteiger partial charge on any atom is 0.237 e. The molecule has 0 spiro atoms. The molecule has 2 amide bonds. The van der Waals surface area contributed by atoms with Gasteiger partial charge >= 0.3 is 0 Å². The monoisotopic (exact) mass is 399 g/mol. The lowest BCUT2D eigenvalue weighted by molar-refractivity contribution is -0.118. The van der Waals surface area contributed by atoms with E-state index in [0.717, 1.165) is 22.4 Å². The van der Waals surface area contributed by atoms with Crippen molar-refractivity contribution in [2.45, 2.75) is 32.5 Å². The van der Waals surface area contributed by atoms with Gasteiger partial charge in [-0.05, 0) is 44.0 Å². The summed E-state index contributed by atoms with van der Waals surface area (Å²) in [7, 11) is 0. The molecule has 146 valence electrons. The summed E-state index contributed by atoms with van der Waals surface area (Å²) in [5.41, 5.74) is 9.32. The van der Waals surface area contributed by atoms with Crippen LogP contribution in [0.2, 0.25) is 0 Å². The number of anilines is 1. The quantitative estimate of drug-likeness (QED) is 0.590. The SMILES string of the molecule is Cc1cc(C)c(NC(=O)CSc2nnc(-c3ccco3)n2CC(N)=O)c(C)c1. The van der Waals surface area contributed by atoms with Crippen LogP contribution in [-0.2, 0) is 16.1 Å². The molecule has 0 saturated carbocycles. The number of aromatic nitrogens is 3. The Morgan fingerprint density at radius 2 is 1.93 bits per heavy atom. The van der Waals surface area contributed by atoms with E-state index in [2.05, 4.69) is 15.5 Å². The highest BCUT2D eigenvalue weighted by Gasteiger charge is 2.19. The standard InChI is InChI=1S/C19H21N5O3S/c1-11-7-12(2)17(13(3)8-11)21-16(26)10-28-19-23-22-18(14-5-4-6-27-14)24(19)9-15(20)25/h4-8H,9-10H2,1-3H3,(H2,20,25)(H,21,26). The molecule has 9 heteroatoms. The van der Waals surface area contributed by atoms with Crippen LogP contribution in [0.1, 0.15) is 16.7 Å². The first-order chi connectivity index (χ1) is 13.3. The van der Waals surface area contributed by atoms with Crippen molar-refractivity contribution >= 4 is 29.3 Å². The number of furan rings is 1. The zero-order valence-electron chi connectivity index (χ0n) is 15.9. The number of primary amides is 1. The lowest BCUT2D eigenvalue weighted by atomic mass is 10.1. The molecule has 0 radical (unpaired) electrons. The topological polar surface area (TPSA) is 116 Å². The van der Waals surface area contributed by atoms with Crippen LogP contribution in [0.4, 0.5) is 5.69 Å². The van der Waals surface area contributed by atoms with Gasteiger partial charge in [0.05, 0.1) is 12.0 Å². The summed E-state index contributed by atoms with van der Waals surface area (Å²) in [4.78, 5) is 23.9. The van der Waals surface area contributed by atoms with Gasteiger partial charge in [-0.25, -0.2) is 0 Å². The van der Waals surface area contributed by atoms with E-state index in [1.54, 1.807) is 16.7 Å². The van der Waals surface area contributed by atoms with Crippen molar-refractivity contribution in [3.05, 3.63) is 47.2 Å². The highest BCUT2D eigenvalue weighted by atomic mass is 32.2. The molecule has 0 aliphatic rings. The fourth-order valence-electron chi connectivity index (χ4n) is 2.96. The molecule has 2 aromatic heterocycles. The molecule has 0 bridgehead atoms. The Kier molecular flexibility index (Phi) is 5.84. The molecule has 0 atom stereocenters. The Morgan fingerprint density at radius 3 is 2.54 bits per heavy atom. The molecule has 28 heavy (non-hydrogen) atoms. The lowest BCUT2D eigenvalue weighted by Gasteiger charge is -2.13. The summed E-state index contributed by atoms with van der Waals surface area (Å²) in [6.07, 6.45) is 1.51. The summed E-state index contributed by atoms with van der Waals surface area (Å²) in [5.74, 6) is 0.257. The van der Waals surface area contributed by atoms with Crippen molar-refractivity contribution in [1.82, 2.24) is 14.8 Å². The molecule has 8 nitrogen and oxygen atoms in total. The van der Waals surface area contributed by atoms with Gasteiger partial charge < -0.3 is 15.5 Å². The predicted molar refractivity (Wildman–Crippen MR) is 107 cm³/mol. The smallest absolute Gasteiger partial charge is 0.237 e. The highest BCUT2D eigenvalue weighted by molar-refractivity contribution is 7.99. The molecular formula is C19H21N5O3S. The zero-order chi connectivity index (χ0) is 20.3. The molecule has 2 heterocycles. The average Bonchev–Trinajstić information content (AvgIpc) is 3.25. The number of nitrogens with one attached hydrogen (secondary N) is 1. The first kappa shape index (κ1) is 19.7. The van der Waals surface area contributed by atoms with Crippen LogP contribution >= 0.6 is 11.8 Å². The Hall–Kier alpha value is -3.07. The number of carbonyl (C=O) groups is 2. The number of hydrogen-bond acceptors (Lipinski definition) is 6. The second kappa shape index (κ2) is 8.30. The van der Waals surface area contributed by atoms with E-state index >= 15 is 0 Å². The first-order valence-corrected chi connectivity index (χ1v) is 9.59. The minimum absolute atomic E-state index is 0.108. The summed E-state index contributed by atoms with van der Waals surface area (Å²) >= 11 is 1.18. The van der Waals surface area contributed by atoms with Crippen molar-refractivity contribution in [1.29, 1.82) is 0 Å². The third-order valence-electron chi connectivity index (χ3n) is 4.05. The molecule has 0 saturated heterocycles. The Bertz CT molecular complexity index is 988. The fraction of sp³-hybridized carbons (Fsp3) is 0.263. The van der Waals surface area contributed by atoms with E-state index in [0.29, 0.717) is 16.7 Å². The number of nitrogens with two attached hydrogens (primary N) is 1. The molecule has 0 unspecified atom stereocenters. The molecule has 0 aliphatic carbocycles. The Labute approximate surface area is 166 Å². The highest BCUT2D eigenvalue weighted by Crippen LogP contribution is 2.25. The lowest BCUT2D eigenvalue weighted by Crippen LogP contribution is -2.20. The number of thioether (sulfide) groups is 1. The van der Waals surface area contributed by atoms with Crippen molar-refractivity contribution in [3.8, 4) is 11.6 Å². The zero-order valence-corrected chi connectivity index (χ0v) is 16.7. The normalized spacial score (nSPS) is 10.8. The van der Waals surface area contributed by atoms with E-state index in [4.69, 9.17) is 10.2 Å². The number of carbonyl (C=O) groups excluding carboxylic acids is 2. The van der Waals surface area contributed by atoms with E-state index in [1.165, 1.54) is 18.0 Å². The van der Waals surface area contributed by atoms with Gasteiger partial charge in [-0.2, -0.15) is 0 Å². The summed E-state index contributed by atoms with van der Waals surface area (Å²) < 4.78 is 6.87. The van der Waals surface area contributed by atoms with Gasteiger partial charge in [-0.15, -0.1) is 10.2 Å². The number of hydrogen-bond donors (Lipinski definition) is 2. The van der Waals surface area contributed by atoms with Crippen LogP contribution in [0.25, 0.3) is 11.6 Å². The number of benzene rings is 1. The maximum absolute atomic E-state index is 12.4. The number of rotatable bonds is 7. The molecule has 3 rings (SSSR count). The largest absolute Gasteiger partial charge is 0.461 e. The van der Waals surface area contributed by atoms with Crippen LogP contribution in [0.15, 0.2) is 40.1 Å². The second-order valence-electron chi connectivity index (χ2n) is 6.45. The average molecular weight is 399 g/mol. The van der Waals surface area contributed by atoms with E-state index in [9.17, 15) is 9.59 Å². The number of aryl methyl sites for hydroxylation is 3. The minimum Gasteiger partial charge on any atom is -0.461 e. The number of nitrogens with zero attached hydrogens (tertiary/aromatic N) is 3. The van der Waals surface area contributed by atoms with E-state index in [1.807, 2.05) is 32.9 Å². The minimum atomic E-state index is -0.537. The van der Waals surface area contributed by atoms with Gasteiger partial charge in [-0.1, -0.05) is 29.5 Å². The third-order valence-corrected chi connectivity index (χ3v) is 5.01. The van der Waals surface area contributed by atoms with Gasteiger partial charge in [0.25, 0.3) is 0 Å². The third kappa shape index (κ3) is 4.42. The van der Waals surface area contributed by atoms with Gasteiger partial charge in [0.1, 0.15) is 6.54 Å². The molecule has 0 fully saturated rings. The maximum atomic E-state index is 12.4. The number of amides is 2. The summed E-state index contributed by atoms with van der Waals surface area (Å²) in [5, 5.41) is 11.5. The van der Waals surface area contributed by atoms with Crippen LogP contribution in [0.3, 0.4) is 0 Å². The molecule has 0 aliphatic heterocycles. The summed E-state index contributed by atoms with van der Waals surface area (Å²) in [6.45, 7) is 5.83. The van der Waals surface area contributed by atoms with Crippen molar-refractivity contribution < 1.29 is 14.0 Å². The fourth-order valence-corrected chi connectivity index (χ4v) is 3.70. The second-order valence-corrected chi connectivity index (χ2v) is 7.39. The van der Waals surface area contributed by atoms with Crippen molar-refractivity contribution in [3.63, 3.8) is 0 Å². The van der Waals surface area contributed by atoms with Crippen LogP contribution in [-0.4, -0.2) is 32.3 Å². The van der Waals surface area contributed by atoms with Crippen molar-refractivity contribution in [2.24, 2.45) is 5.73 Å². The van der Waals surface area contributed by atoms with E-state index in [-0.39, 0.29) is 18.2 Å². The van der Waals surface area contributed by atoms with Crippen LogP contribution < -0.4 is 11.1 Å². The molecule has 3 aromatic rings. The van der Waals surface area contributed by atoms with Crippen LogP contribution in [0, 0.1) is 20.8 Å². The van der Waals surface area contributed by atoms with Gasteiger partial charge in [0, 0.05) is 5.69 Å². The van der Waals surface area contributed by atoms with Gasteiger partial charge in [0.2, 0.25) is 17.6 Å². The first-order valence-electron chi connectivity index (χ1n) is 8.61. The van der Waals surface area contributed by atoms with Crippen LogP contribution in [0.5, 0.6) is 0 Å². The summed E-state index contributed by atoms with van der Waals surface area (Å²) in [6, 6.07) is 7.47. The van der Waals surface area contributed by atoms with Crippen molar-refractivity contribution in [2.75, 3.05) is 11.1 Å². The molecule has 1 aromatic carbocycles. The predicted octanol–water partition coefficient (Wildman–Crippen LogP) is 2.68. The Balaban J connectivity index is 1.74. The molecule has 3 N–H and O–H groups in total. The van der Waals surface area contributed by atoms with E-state index < -0.39 is 5.91 Å². The van der Waals surface area contributed by atoms with Gasteiger partial charge in [-0.3, -0.25) is 14.2 Å². The Morgan fingerprint density at radius 1 is 1.21 bits per heavy atom.